The van der Waals surface area contributed by atoms with Gasteiger partial charge in [-0.2, -0.15) is 0 Å². The molecule has 2 aromatic carbocycles. The van der Waals surface area contributed by atoms with Crippen LogP contribution in [-0.4, -0.2) is 84.0 Å². The van der Waals surface area contributed by atoms with E-state index in [2.05, 4.69) is 9.88 Å². The molecular weight excluding hydrogens is 510 g/mol. The van der Waals surface area contributed by atoms with Gasteiger partial charge in [0.05, 0.1) is 39.0 Å². The van der Waals surface area contributed by atoms with Crippen LogP contribution in [-0.2, 0) is 24.4 Å². The summed E-state index contributed by atoms with van der Waals surface area (Å²) >= 11 is 1.23. The van der Waals surface area contributed by atoms with E-state index in [1.807, 2.05) is 0 Å². The lowest BCUT2D eigenvalue weighted by molar-refractivity contribution is 0.0391. The molecule has 1 saturated heterocycles. The molecule has 1 amide bonds. The molecular formula is C23H27N3O6S3. The molecule has 1 fully saturated rings. The van der Waals surface area contributed by atoms with E-state index in [0.717, 1.165) is 19.3 Å². The molecule has 35 heavy (non-hydrogen) atoms. The van der Waals surface area contributed by atoms with Gasteiger partial charge in [-0.25, -0.2) is 21.8 Å². The molecule has 1 aromatic heterocycles. The highest BCUT2D eigenvalue weighted by molar-refractivity contribution is 7.91. The van der Waals surface area contributed by atoms with Gasteiger partial charge in [-0.05, 0) is 36.4 Å². The molecule has 0 bridgehead atoms. The molecule has 3 aromatic rings. The highest BCUT2D eigenvalue weighted by atomic mass is 32.2. The van der Waals surface area contributed by atoms with Crippen LogP contribution >= 0.6 is 11.3 Å². The summed E-state index contributed by atoms with van der Waals surface area (Å²) < 4.78 is 54.8. The zero-order valence-corrected chi connectivity index (χ0v) is 22.0. The molecule has 0 aliphatic carbocycles. The highest BCUT2D eigenvalue weighted by Crippen LogP contribution is 2.31. The monoisotopic (exact) mass is 537 g/mol. The Morgan fingerprint density at radius 1 is 1.09 bits per heavy atom. The molecule has 1 aliphatic heterocycles. The van der Waals surface area contributed by atoms with Crippen LogP contribution in [0.4, 0.5) is 5.13 Å². The van der Waals surface area contributed by atoms with Crippen molar-refractivity contribution in [2.75, 3.05) is 56.3 Å². The minimum absolute atomic E-state index is 0.0636. The van der Waals surface area contributed by atoms with Gasteiger partial charge < -0.3 is 4.74 Å². The average Bonchev–Trinajstić information content (AvgIpc) is 3.27. The van der Waals surface area contributed by atoms with Crippen molar-refractivity contribution in [1.82, 2.24) is 9.88 Å². The molecule has 2 heterocycles. The first-order valence-corrected chi connectivity index (χ1v) is 15.5. The zero-order chi connectivity index (χ0) is 25.2. The first kappa shape index (κ1) is 25.7. The average molecular weight is 538 g/mol. The maximum Gasteiger partial charge on any atom is 0.260 e. The Bertz CT molecular complexity index is 1440. The third-order valence-electron chi connectivity index (χ3n) is 5.82. The summed E-state index contributed by atoms with van der Waals surface area (Å²) in [6.45, 7) is 5.24. The van der Waals surface area contributed by atoms with Gasteiger partial charge in [0.15, 0.2) is 24.8 Å². The van der Waals surface area contributed by atoms with Crippen molar-refractivity contribution in [1.29, 1.82) is 0 Å². The van der Waals surface area contributed by atoms with Crippen LogP contribution in [0.15, 0.2) is 52.3 Å². The van der Waals surface area contributed by atoms with Crippen molar-refractivity contribution < 1.29 is 26.4 Å². The summed E-state index contributed by atoms with van der Waals surface area (Å²) in [4.78, 5) is 22.3. The Morgan fingerprint density at radius 3 is 2.51 bits per heavy atom. The topological polar surface area (TPSA) is 114 Å². The number of carbonyl (C=O) groups is 1. The van der Waals surface area contributed by atoms with Crippen molar-refractivity contribution in [3.63, 3.8) is 0 Å². The lowest BCUT2D eigenvalue weighted by atomic mass is 10.2. The molecule has 0 atom stereocenters. The van der Waals surface area contributed by atoms with Crippen molar-refractivity contribution in [3.05, 3.63) is 48.0 Å². The van der Waals surface area contributed by atoms with Crippen LogP contribution in [0.25, 0.3) is 10.2 Å². The predicted molar refractivity (Wildman–Crippen MR) is 136 cm³/mol. The number of anilines is 1. The summed E-state index contributed by atoms with van der Waals surface area (Å²) in [5.74, 6) is -0.430. The molecule has 4 rings (SSSR count). The SMILES string of the molecule is CCS(=O)(=O)c1cccc(C(=O)N(CCN2CCOCC2)c2nc3ccc(S(C)(=O)=O)cc3s2)c1. The standard InChI is InChI=1S/C23H27N3O6S3/c1-3-35(30,31)19-6-4-5-17(15-19)22(27)26(10-9-25-11-13-32-14-12-25)23-24-20-8-7-18(34(2,28)29)16-21(20)33-23/h4-8,15-16H,3,9-14H2,1-2H3. The van der Waals surface area contributed by atoms with Gasteiger partial charge in [0, 0.05) is 38.0 Å². The summed E-state index contributed by atoms with van der Waals surface area (Å²) in [5.41, 5.74) is 0.835. The van der Waals surface area contributed by atoms with E-state index in [0.29, 0.717) is 41.7 Å². The van der Waals surface area contributed by atoms with Crippen LogP contribution in [0.1, 0.15) is 17.3 Å². The fourth-order valence-corrected chi connectivity index (χ4v) is 6.41. The molecule has 188 valence electrons. The number of fused-ring (bicyclic) bond motifs is 1. The Labute approximate surface area is 209 Å². The fourth-order valence-electron chi connectivity index (χ4n) is 3.73. The first-order valence-electron chi connectivity index (χ1n) is 11.1. The number of thiazole rings is 1. The van der Waals surface area contributed by atoms with Crippen LogP contribution in [0, 0.1) is 0 Å². The Morgan fingerprint density at radius 2 is 1.83 bits per heavy atom. The molecule has 9 nitrogen and oxygen atoms in total. The first-order chi connectivity index (χ1) is 16.6. The molecule has 12 heteroatoms. The molecule has 0 N–H and O–H groups in total. The normalized spacial score (nSPS) is 15.4. The summed E-state index contributed by atoms with van der Waals surface area (Å²) in [7, 11) is -6.86. The van der Waals surface area contributed by atoms with E-state index in [1.165, 1.54) is 34.4 Å². The van der Waals surface area contributed by atoms with Gasteiger partial charge in [0.25, 0.3) is 5.91 Å². The van der Waals surface area contributed by atoms with Gasteiger partial charge in [-0.3, -0.25) is 14.6 Å². The van der Waals surface area contributed by atoms with E-state index in [9.17, 15) is 21.6 Å². The molecule has 1 aliphatic rings. The smallest absolute Gasteiger partial charge is 0.260 e. The van der Waals surface area contributed by atoms with Gasteiger partial charge in [-0.15, -0.1) is 0 Å². The zero-order valence-electron chi connectivity index (χ0n) is 19.5. The van der Waals surface area contributed by atoms with Crippen LogP contribution in [0.3, 0.4) is 0 Å². The van der Waals surface area contributed by atoms with Crippen LogP contribution < -0.4 is 4.90 Å². The third kappa shape index (κ3) is 5.89. The molecule has 0 radical (unpaired) electrons. The van der Waals surface area contributed by atoms with Crippen molar-refractivity contribution in [2.24, 2.45) is 0 Å². The van der Waals surface area contributed by atoms with Crippen LogP contribution in [0.2, 0.25) is 0 Å². The second-order valence-corrected chi connectivity index (χ2v) is 13.5. The van der Waals surface area contributed by atoms with Gasteiger partial charge >= 0.3 is 0 Å². The van der Waals surface area contributed by atoms with Gasteiger partial charge in [0.1, 0.15) is 0 Å². The number of nitrogens with zero attached hydrogens (tertiary/aromatic N) is 3. The highest BCUT2D eigenvalue weighted by Gasteiger charge is 2.24. The maximum absolute atomic E-state index is 13.6. The number of sulfone groups is 2. The minimum atomic E-state index is -3.48. The number of ether oxygens (including phenoxy) is 1. The number of hydrogen-bond donors (Lipinski definition) is 0. The van der Waals surface area contributed by atoms with Crippen LogP contribution in [0.5, 0.6) is 0 Å². The van der Waals surface area contributed by atoms with Gasteiger partial charge in [0.2, 0.25) is 0 Å². The summed E-state index contributed by atoms with van der Waals surface area (Å²) in [6.07, 6.45) is 1.14. The van der Waals surface area contributed by atoms with E-state index in [4.69, 9.17) is 4.74 Å². The third-order valence-corrected chi connectivity index (χ3v) is 9.70. The molecule has 0 spiro atoms. The lowest BCUT2D eigenvalue weighted by Crippen LogP contribution is -2.43. The second kappa shape index (κ2) is 10.3. The number of benzene rings is 2. The van der Waals surface area contributed by atoms with E-state index >= 15 is 0 Å². The number of carbonyl (C=O) groups excluding carboxylic acids is 1. The van der Waals surface area contributed by atoms with Crippen molar-refractivity contribution in [3.8, 4) is 0 Å². The molecule has 0 unspecified atom stereocenters. The van der Waals surface area contributed by atoms with E-state index in [-0.39, 0.29) is 27.0 Å². The summed E-state index contributed by atoms with van der Waals surface area (Å²) in [5, 5.41) is 0.424. The fraction of sp³-hybridized carbons (Fsp3) is 0.391. The number of aromatic nitrogens is 1. The Balaban J connectivity index is 1.71. The number of morpholine rings is 1. The van der Waals surface area contributed by atoms with Crippen molar-refractivity contribution >= 4 is 52.3 Å². The lowest BCUT2D eigenvalue weighted by Gasteiger charge is -2.29. The van der Waals surface area contributed by atoms with Gasteiger partial charge in [-0.1, -0.05) is 24.3 Å². The minimum Gasteiger partial charge on any atom is -0.379 e. The maximum atomic E-state index is 13.6. The van der Waals surface area contributed by atoms with E-state index in [1.54, 1.807) is 31.2 Å². The number of hydrogen-bond acceptors (Lipinski definition) is 9. The number of amides is 1. The Kier molecular flexibility index (Phi) is 7.57. The largest absolute Gasteiger partial charge is 0.379 e. The number of rotatable bonds is 8. The van der Waals surface area contributed by atoms with Crippen molar-refractivity contribution in [2.45, 2.75) is 16.7 Å². The summed E-state index contributed by atoms with van der Waals surface area (Å²) in [6, 6.07) is 10.7. The second-order valence-electron chi connectivity index (χ2n) is 8.24. The predicted octanol–water partition coefficient (Wildman–Crippen LogP) is 2.47. The van der Waals surface area contributed by atoms with E-state index < -0.39 is 19.7 Å². The quantitative estimate of drug-likeness (QED) is 0.431. The Hall–Kier alpha value is -2.38. The molecule has 0 saturated carbocycles.